The van der Waals surface area contributed by atoms with Crippen LogP contribution in [-0.2, 0) is 12.5 Å². The molecule has 1 aliphatic rings. The van der Waals surface area contributed by atoms with Gasteiger partial charge < -0.3 is 10.2 Å². The fourth-order valence-corrected chi connectivity index (χ4v) is 3.92. The van der Waals surface area contributed by atoms with Crippen LogP contribution in [0.3, 0.4) is 0 Å². The molecule has 1 fully saturated rings. The molecule has 1 aromatic carbocycles. The van der Waals surface area contributed by atoms with Gasteiger partial charge in [-0.25, -0.2) is 13.8 Å². The third-order valence-electron chi connectivity index (χ3n) is 5.23. The minimum absolute atomic E-state index is 0.0514. The van der Waals surface area contributed by atoms with E-state index in [1.165, 1.54) is 12.1 Å². The smallest absolute Gasteiger partial charge is 0.270 e. The molecule has 1 atom stereocenters. The number of piperazine rings is 1. The molecular weight excluding hydrogens is 390 g/mol. The number of aryl methyl sites for hydroxylation is 2. The van der Waals surface area contributed by atoms with E-state index in [9.17, 15) is 8.78 Å². The average Bonchev–Trinajstić information content (AvgIpc) is 2.62. The molecule has 0 amide bonds. The lowest BCUT2D eigenvalue weighted by Crippen LogP contribution is -2.54. The minimum atomic E-state index is -2.80. The SMILES string of the molecule is Cc1cc(C)nc(NC(=S)N2CCN(Cc3ccc(C(C)(F)F)cc3)[C@@H](C)C2)c1. The van der Waals surface area contributed by atoms with Gasteiger partial charge in [0.15, 0.2) is 5.11 Å². The molecule has 2 heterocycles. The standard InChI is InChI=1S/C22H28F2N4S/c1-15-11-16(2)25-20(12-15)26-21(29)28-10-9-27(17(3)13-28)14-18-5-7-19(8-6-18)22(4,23)24/h5-8,11-12,17H,9-10,13-14H2,1-4H3,(H,25,26,29)/t17-/m0/s1. The van der Waals surface area contributed by atoms with Gasteiger partial charge in [-0.2, -0.15) is 0 Å². The highest BCUT2D eigenvalue weighted by Gasteiger charge is 2.26. The van der Waals surface area contributed by atoms with Gasteiger partial charge in [0.2, 0.25) is 0 Å². The Balaban J connectivity index is 1.56. The number of hydrogen-bond acceptors (Lipinski definition) is 3. The van der Waals surface area contributed by atoms with Crippen LogP contribution in [0, 0.1) is 13.8 Å². The molecule has 2 aromatic rings. The van der Waals surface area contributed by atoms with Crippen molar-refractivity contribution >= 4 is 23.1 Å². The zero-order valence-electron chi connectivity index (χ0n) is 17.4. The lowest BCUT2D eigenvalue weighted by Gasteiger charge is -2.41. The number of thiocarbonyl (C=S) groups is 1. The Morgan fingerprint density at radius 3 is 2.48 bits per heavy atom. The number of rotatable bonds is 4. The van der Waals surface area contributed by atoms with Crippen LogP contribution in [0.4, 0.5) is 14.6 Å². The normalized spacial score (nSPS) is 18.0. The Morgan fingerprint density at radius 2 is 1.90 bits per heavy atom. The summed E-state index contributed by atoms with van der Waals surface area (Å²) < 4.78 is 26.8. The van der Waals surface area contributed by atoms with E-state index in [0.717, 1.165) is 55.7 Å². The molecule has 1 aliphatic heterocycles. The fourth-order valence-electron chi connectivity index (χ4n) is 3.65. The van der Waals surface area contributed by atoms with Gasteiger partial charge >= 0.3 is 0 Å². The van der Waals surface area contributed by atoms with Gasteiger partial charge in [0.1, 0.15) is 5.82 Å². The second-order valence-corrected chi connectivity index (χ2v) is 8.34. The van der Waals surface area contributed by atoms with E-state index < -0.39 is 5.92 Å². The van der Waals surface area contributed by atoms with Crippen LogP contribution >= 0.6 is 12.2 Å². The Kier molecular flexibility index (Phi) is 6.49. The number of alkyl halides is 2. The number of anilines is 1. The van der Waals surface area contributed by atoms with Crippen LogP contribution in [0.1, 0.15) is 36.2 Å². The van der Waals surface area contributed by atoms with E-state index in [1.807, 2.05) is 26.0 Å². The number of pyridine rings is 1. The van der Waals surface area contributed by atoms with Crippen molar-refractivity contribution in [2.45, 2.75) is 46.2 Å². The van der Waals surface area contributed by atoms with Crippen LogP contribution in [0.2, 0.25) is 0 Å². The van der Waals surface area contributed by atoms with Gasteiger partial charge in [-0.05, 0) is 56.2 Å². The highest BCUT2D eigenvalue weighted by Crippen LogP contribution is 2.27. The quantitative estimate of drug-likeness (QED) is 0.727. The predicted octanol–water partition coefficient (Wildman–Crippen LogP) is 4.71. The number of hydrogen-bond donors (Lipinski definition) is 1. The van der Waals surface area contributed by atoms with E-state index in [-0.39, 0.29) is 5.56 Å². The number of aromatic nitrogens is 1. The molecule has 0 aliphatic carbocycles. The van der Waals surface area contributed by atoms with Crippen molar-refractivity contribution < 1.29 is 8.78 Å². The molecule has 4 nitrogen and oxygen atoms in total. The topological polar surface area (TPSA) is 31.4 Å². The molecule has 156 valence electrons. The Labute approximate surface area is 176 Å². The van der Waals surface area contributed by atoms with Gasteiger partial charge in [0.25, 0.3) is 5.92 Å². The maximum absolute atomic E-state index is 13.4. The van der Waals surface area contributed by atoms with Gasteiger partial charge in [0, 0.05) is 50.4 Å². The van der Waals surface area contributed by atoms with E-state index in [0.29, 0.717) is 11.2 Å². The Bertz CT molecular complexity index is 844. The second kappa shape index (κ2) is 8.71. The number of nitrogens with zero attached hydrogens (tertiary/aromatic N) is 3. The molecule has 1 saturated heterocycles. The van der Waals surface area contributed by atoms with E-state index in [2.05, 4.69) is 27.0 Å². The molecule has 0 bridgehead atoms. The highest BCUT2D eigenvalue weighted by atomic mass is 32.1. The summed E-state index contributed by atoms with van der Waals surface area (Å²) >= 11 is 5.60. The van der Waals surface area contributed by atoms with Crippen LogP contribution < -0.4 is 5.32 Å². The first-order valence-corrected chi connectivity index (χ1v) is 10.2. The average molecular weight is 419 g/mol. The van der Waals surface area contributed by atoms with Crippen molar-refractivity contribution in [2.75, 3.05) is 25.0 Å². The zero-order chi connectivity index (χ0) is 21.2. The van der Waals surface area contributed by atoms with E-state index >= 15 is 0 Å². The molecular formula is C22H28F2N4S. The number of nitrogens with one attached hydrogen (secondary N) is 1. The fraction of sp³-hybridized carbons (Fsp3) is 0.455. The third kappa shape index (κ3) is 5.70. The molecule has 3 rings (SSSR count). The lowest BCUT2D eigenvalue weighted by molar-refractivity contribution is 0.0174. The third-order valence-corrected chi connectivity index (χ3v) is 5.59. The molecule has 0 unspecified atom stereocenters. The summed E-state index contributed by atoms with van der Waals surface area (Å²) in [6.45, 7) is 10.3. The van der Waals surface area contributed by atoms with Gasteiger partial charge in [-0.15, -0.1) is 0 Å². The summed E-state index contributed by atoms with van der Waals surface area (Å²) in [5.41, 5.74) is 3.20. The monoisotopic (exact) mass is 418 g/mol. The van der Waals surface area contributed by atoms with Crippen molar-refractivity contribution in [2.24, 2.45) is 0 Å². The van der Waals surface area contributed by atoms with Crippen molar-refractivity contribution in [3.05, 3.63) is 58.8 Å². The largest absolute Gasteiger partial charge is 0.346 e. The van der Waals surface area contributed by atoms with Crippen molar-refractivity contribution in [1.29, 1.82) is 0 Å². The van der Waals surface area contributed by atoms with Crippen LogP contribution in [0.15, 0.2) is 36.4 Å². The molecule has 0 saturated carbocycles. The number of benzene rings is 1. The van der Waals surface area contributed by atoms with Crippen molar-refractivity contribution in [3.8, 4) is 0 Å². The molecule has 1 N–H and O–H groups in total. The van der Waals surface area contributed by atoms with Crippen molar-refractivity contribution in [1.82, 2.24) is 14.8 Å². The summed E-state index contributed by atoms with van der Waals surface area (Å²) in [5, 5.41) is 3.94. The van der Waals surface area contributed by atoms with Crippen LogP contribution in [-0.4, -0.2) is 45.6 Å². The van der Waals surface area contributed by atoms with Crippen LogP contribution in [0.25, 0.3) is 0 Å². The first kappa shape index (κ1) is 21.6. The first-order valence-electron chi connectivity index (χ1n) is 9.84. The summed E-state index contributed by atoms with van der Waals surface area (Å²) in [4.78, 5) is 9.01. The number of halogens is 2. The first-order chi connectivity index (χ1) is 13.6. The summed E-state index contributed by atoms with van der Waals surface area (Å²) in [6, 6.07) is 10.9. The second-order valence-electron chi connectivity index (χ2n) is 7.95. The predicted molar refractivity (Wildman–Crippen MR) is 117 cm³/mol. The molecule has 0 radical (unpaired) electrons. The maximum atomic E-state index is 13.4. The molecule has 7 heteroatoms. The van der Waals surface area contributed by atoms with Gasteiger partial charge in [-0.3, -0.25) is 4.90 Å². The van der Waals surface area contributed by atoms with E-state index in [4.69, 9.17) is 12.2 Å². The molecule has 29 heavy (non-hydrogen) atoms. The Hall–Kier alpha value is -2.12. The molecule has 0 spiro atoms. The van der Waals surface area contributed by atoms with Gasteiger partial charge in [0.05, 0.1) is 0 Å². The zero-order valence-corrected chi connectivity index (χ0v) is 18.2. The summed E-state index contributed by atoms with van der Waals surface area (Å²) in [7, 11) is 0. The van der Waals surface area contributed by atoms with Crippen LogP contribution in [0.5, 0.6) is 0 Å². The maximum Gasteiger partial charge on any atom is 0.270 e. The lowest BCUT2D eigenvalue weighted by atomic mass is 10.1. The van der Waals surface area contributed by atoms with Crippen molar-refractivity contribution in [3.63, 3.8) is 0 Å². The summed E-state index contributed by atoms with van der Waals surface area (Å²) in [5.74, 6) is -2.03. The highest BCUT2D eigenvalue weighted by molar-refractivity contribution is 7.80. The van der Waals surface area contributed by atoms with E-state index in [1.54, 1.807) is 12.1 Å². The minimum Gasteiger partial charge on any atom is -0.346 e. The van der Waals surface area contributed by atoms with Gasteiger partial charge in [-0.1, -0.05) is 24.3 Å². The Morgan fingerprint density at radius 1 is 1.21 bits per heavy atom. The molecule has 1 aromatic heterocycles. The summed E-state index contributed by atoms with van der Waals surface area (Å²) in [6.07, 6.45) is 0.